The summed E-state index contributed by atoms with van der Waals surface area (Å²) < 4.78 is 1.60. The van der Waals surface area contributed by atoms with Gasteiger partial charge in [0.2, 0.25) is 5.95 Å². The van der Waals surface area contributed by atoms with Gasteiger partial charge in [-0.3, -0.25) is 0 Å². The van der Waals surface area contributed by atoms with Crippen LogP contribution in [0.25, 0.3) is 0 Å². The van der Waals surface area contributed by atoms with E-state index in [1.165, 1.54) is 0 Å². The summed E-state index contributed by atoms with van der Waals surface area (Å²) in [5.74, 6) is 1.83. The van der Waals surface area contributed by atoms with Crippen LogP contribution >= 0.6 is 0 Å². The van der Waals surface area contributed by atoms with Crippen LogP contribution in [0.3, 0.4) is 0 Å². The van der Waals surface area contributed by atoms with Gasteiger partial charge in [0.05, 0.1) is 0 Å². The second-order valence-corrected chi connectivity index (χ2v) is 2.81. The van der Waals surface area contributed by atoms with Crippen LogP contribution in [0.1, 0.15) is 11.7 Å². The molecule has 0 spiro atoms. The van der Waals surface area contributed by atoms with E-state index in [9.17, 15) is 0 Å². The molecule has 2 heterocycles. The normalized spacial score (nSPS) is 18.3. The number of nitrogens with zero attached hydrogens (tertiary/aromatic N) is 3. The van der Waals surface area contributed by atoms with Crippen LogP contribution in [0.15, 0.2) is 0 Å². The Labute approximate surface area is 64.6 Å². The standard InChI is InChI=1S/C6H11N5/c1-11-6(7)9-5(10-11)4-2-8-3-4/h4,8H,2-3H2,1H3,(H2,7,9,10). The van der Waals surface area contributed by atoms with Gasteiger partial charge in [0.1, 0.15) is 0 Å². The summed E-state index contributed by atoms with van der Waals surface area (Å²) in [7, 11) is 1.80. The average Bonchev–Trinajstić information content (AvgIpc) is 2.08. The lowest BCUT2D eigenvalue weighted by atomic mass is 10.0. The summed E-state index contributed by atoms with van der Waals surface area (Å²) in [4.78, 5) is 4.12. The van der Waals surface area contributed by atoms with Crippen LogP contribution in [-0.4, -0.2) is 27.9 Å². The van der Waals surface area contributed by atoms with E-state index in [1.807, 2.05) is 0 Å². The maximum absolute atomic E-state index is 5.53. The van der Waals surface area contributed by atoms with Crippen molar-refractivity contribution in [2.24, 2.45) is 7.05 Å². The molecule has 0 saturated carbocycles. The highest BCUT2D eigenvalue weighted by Crippen LogP contribution is 2.15. The molecule has 0 unspecified atom stereocenters. The monoisotopic (exact) mass is 153 g/mol. The van der Waals surface area contributed by atoms with Gasteiger partial charge in [0.25, 0.3) is 0 Å². The van der Waals surface area contributed by atoms with Crippen LogP contribution in [0, 0.1) is 0 Å². The molecule has 1 fully saturated rings. The van der Waals surface area contributed by atoms with Crippen molar-refractivity contribution in [2.75, 3.05) is 18.8 Å². The van der Waals surface area contributed by atoms with E-state index < -0.39 is 0 Å². The van der Waals surface area contributed by atoms with Crippen molar-refractivity contribution >= 4 is 5.95 Å². The average molecular weight is 153 g/mol. The molecule has 0 amide bonds. The summed E-state index contributed by atoms with van der Waals surface area (Å²) in [5, 5.41) is 7.33. The first kappa shape index (κ1) is 6.60. The van der Waals surface area contributed by atoms with Gasteiger partial charge >= 0.3 is 0 Å². The fourth-order valence-corrected chi connectivity index (χ4v) is 1.06. The predicted octanol–water partition coefficient (Wildman–Crippen LogP) is -0.916. The zero-order valence-electron chi connectivity index (χ0n) is 6.41. The van der Waals surface area contributed by atoms with Crippen molar-refractivity contribution in [2.45, 2.75) is 5.92 Å². The maximum atomic E-state index is 5.53. The van der Waals surface area contributed by atoms with Crippen LogP contribution in [-0.2, 0) is 7.05 Å². The summed E-state index contributed by atoms with van der Waals surface area (Å²) in [6, 6.07) is 0. The Hall–Kier alpha value is -1.10. The van der Waals surface area contributed by atoms with Crippen LogP contribution in [0.4, 0.5) is 5.95 Å². The molecule has 3 N–H and O–H groups in total. The number of rotatable bonds is 1. The molecular formula is C6H11N5. The van der Waals surface area contributed by atoms with Gasteiger partial charge in [0, 0.05) is 26.1 Å². The number of aryl methyl sites for hydroxylation is 1. The molecule has 1 aliphatic heterocycles. The number of hydrogen-bond donors (Lipinski definition) is 2. The lowest BCUT2D eigenvalue weighted by Gasteiger charge is -2.23. The Bertz CT molecular complexity index is 242. The zero-order chi connectivity index (χ0) is 7.84. The predicted molar refractivity (Wildman–Crippen MR) is 41.0 cm³/mol. The third-order valence-electron chi connectivity index (χ3n) is 1.96. The van der Waals surface area contributed by atoms with Crippen LogP contribution in [0.5, 0.6) is 0 Å². The van der Waals surface area contributed by atoms with Gasteiger partial charge in [0.15, 0.2) is 5.82 Å². The Balaban J connectivity index is 2.24. The molecule has 0 bridgehead atoms. The molecule has 0 aromatic carbocycles. The summed E-state index contributed by atoms with van der Waals surface area (Å²) in [6.45, 7) is 1.95. The Morgan fingerprint density at radius 1 is 1.64 bits per heavy atom. The van der Waals surface area contributed by atoms with E-state index in [1.54, 1.807) is 11.7 Å². The van der Waals surface area contributed by atoms with Gasteiger partial charge in [-0.2, -0.15) is 10.1 Å². The molecule has 1 aliphatic rings. The highest BCUT2D eigenvalue weighted by atomic mass is 15.4. The van der Waals surface area contributed by atoms with E-state index in [0.717, 1.165) is 18.9 Å². The van der Waals surface area contributed by atoms with Gasteiger partial charge in [-0.15, -0.1) is 0 Å². The number of hydrogen-bond acceptors (Lipinski definition) is 4. The second-order valence-electron chi connectivity index (χ2n) is 2.81. The zero-order valence-corrected chi connectivity index (χ0v) is 6.41. The maximum Gasteiger partial charge on any atom is 0.218 e. The van der Waals surface area contributed by atoms with Gasteiger partial charge in [-0.25, -0.2) is 4.68 Å². The second kappa shape index (κ2) is 2.20. The molecule has 0 atom stereocenters. The van der Waals surface area contributed by atoms with Crippen LogP contribution in [0.2, 0.25) is 0 Å². The third kappa shape index (κ3) is 0.970. The minimum atomic E-state index is 0.471. The Morgan fingerprint density at radius 3 is 2.73 bits per heavy atom. The van der Waals surface area contributed by atoms with Crippen molar-refractivity contribution < 1.29 is 0 Å². The highest BCUT2D eigenvalue weighted by molar-refractivity contribution is 5.18. The summed E-state index contributed by atoms with van der Waals surface area (Å²) in [6.07, 6.45) is 0. The molecule has 60 valence electrons. The quantitative estimate of drug-likeness (QED) is 0.547. The first-order valence-corrected chi connectivity index (χ1v) is 3.64. The first-order chi connectivity index (χ1) is 5.27. The molecule has 11 heavy (non-hydrogen) atoms. The minimum Gasteiger partial charge on any atom is -0.368 e. The fourth-order valence-electron chi connectivity index (χ4n) is 1.06. The Kier molecular flexibility index (Phi) is 1.32. The van der Waals surface area contributed by atoms with E-state index in [-0.39, 0.29) is 0 Å². The molecule has 5 nitrogen and oxygen atoms in total. The van der Waals surface area contributed by atoms with E-state index in [4.69, 9.17) is 5.73 Å². The number of nitrogens with two attached hydrogens (primary N) is 1. The summed E-state index contributed by atoms with van der Waals surface area (Å²) >= 11 is 0. The van der Waals surface area contributed by atoms with Crippen LogP contribution < -0.4 is 11.1 Å². The fraction of sp³-hybridized carbons (Fsp3) is 0.667. The number of anilines is 1. The van der Waals surface area contributed by atoms with E-state index in [0.29, 0.717) is 11.9 Å². The lowest BCUT2D eigenvalue weighted by Crippen LogP contribution is -2.40. The van der Waals surface area contributed by atoms with Crippen molar-refractivity contribution in [1.29, 1.82) is 0 Å². The molecule has 1 aromatic heterocycles. The van der Waals surface area contributed by atoms with Gasteiger partial charge < -0.3 is 11.1 Å². The molecule has 0 aliphatic carbocycles. The Morgan fingerprint density at radius 2 is 2.36 bits per heavy atom. The smallest absolute Gasteiger partial charge is 0.218 e. The molecule has 1 saturated heterocycles. The van der Waals surface area contributed by atoms with E-state index >= 15 is 0 Å². The number of nitrogens with one attached hydrogen (secondary N) is 1. The molecular weight excluding hydrogens is 142 g/mol. The third-order valence-corrected chi connectivity index (χ3v) is 1.96. The molecule has 2 rings (SSSR count). The largest absolute Gasteiger partial charge is 0.368 e. The van der Waals surface area contributed by atoms with Gasteiger partial charge in [-0.05, 0) is 0 Å². The SMILES string of the molecule is Cn1nc(C2CNC2)nc1N. The highest BCUT2D eigenvalue weighted by Gasteiger charge is 2.23. The summed E-state index contributed by atoms with van der Waals surface area (Å²) in [5.41, 5.74) is 5.53. The number of aromatic nitrogens is 3. The van der Waals surface area contributed by atoms with Crippen molar-refractivity contribution in [1.82, 2.24) is 20.1 Å². The van der Waals surface area contributed by atoms with Gasteiger partial charge in [-0.1, -0.05) is 0 Å². The molecule has 1 aromatic rings. The molecule has 0 radical (unpaired) electrons. The van der Waals surface area contributed by atoms with Crippen molar-refractivity contribution in [3.05, 3.63) is 5.82 Å². The lowest BCUT2D eigenvalue weighted by molar-refractivity contribution is 0.428. The van der Waals surface area contributed by atoms with Crippen molar-refractivity contribution in [3.8, 4) is 0 Å². The minimum absolute atomic E-state index is 0.471. The topological polar surface area (TPSA) is 68.8 Å². The first-order valence-electron chi connectivity index (χ1n) is 3.64. The molecule has 5 heteroatoms. The number of nitrogen functional groups attached to an aromatic ring is 1. The van der Waals surface area contributed by atoms with Crippen molar-refractivity contribution in [3.63, 3.8) is 0 Å². The van der Waals surface area contributed by atoms with E-state index in [2.05, 4.69) is 15.4 Å².